The summed E-state index contributed by atoms with van der Waals surface area (Å²) in [7, 11) is -3.58. The van der Waals surface area contributed by atoms with Crippen LogP contribution in [0.15, 0.2) is 29.2 Å². The Hall–Kier alpha value is -1.55. The molecule has 23 heavy (non-hydrogen) atoms. The van der Waals surface area contributed by atoms with Crippen LogP contribution in [0.1, 0.15) is 12.8 Å². The Labute approximate surface area is 134 Å². The molecule has 2 rings (SSSR count). The monoisotopic (exact) mass is 344 g/mol. The van der Waals surface area contributed by atoms with E-state index in [1.165, 1.54) is 12.1 Å². The van der Waals surface area contributed by atoms with Gasteiger partial charge in [-0.1, -0.05) is 0 Å². The van der Waals surface area contributed by atoms with Gasteiger partial charge in [0, 0.05) is 30.8 Å². The highest BCUT2D eigenvalue weighted by atomic mass is 32.2. The molecule has 2 atom stereocenters. The predicted octanol–water partition coefficient (Wildman–Crippen LogP) is 0.186. The van der Waals surface area contributed by atoms with E-state index in [2.05, 4.69) is 0 Å². The zero-order valence-electron chi connectivity index (χ0n) is 12.5. The average molecular weight is 344 g/mol. The fourth-order valence-electron chi connectivity index (χ4n) is 2.89. The molecule has 0 amide bonds. The SMILES string of the molecule is O=[N+]([O-])c1ccc(S(=O)(=O)CCN2[C@@H](CO)CC[C@@H]2CO)cc1. The Morgan fingerprint density at radius 1 is 1.13 bits per heavy atom. The molecule has 2 N–H and O–H groups in total. The molecule has 0 aromatic heterocycles. The normalized spacial score (nSPS) is 22.3. The van der Waals surface area contributed by atoms with Gasteiger partial charge in [0.2, 0.25) is 0 Å². The molecule has 0 bridgehead atoms. The third-order valence-corrected chi connectivity index (χ3v) is 5.93. The number of nitrogens with zero attached hydrogens (tertiary/aromatic N) is 2. The quantitative estimate of drug-likeness (QED) is 0.535. The molecule has 128 valence electrons. The molecule has 1 aliphatic heterocycles. The number of hydrogen-bond donors (Lipinski definition) is 2. The minimum absolute atomic E-state index is 0.0309. The van der Waals surface area contributed by atoms with E-state index in [0.717, 1.165) is 25.0 Å². The van der Waals surface area contributed by atoms with Crippen LogP contribution in [0.4, 0.5) is 5.69 Å². The molecule has 1 aromatic carbocycles. The number of aliphatic hydroxyl groups excluding tert-OH is 2. The summed E-state index contributed by atoms with van der Waals surface area (Å²) in [5.74, 6) is -0.169. The highest BCUT2D eigenvalue weighted by molar-refractivity contribution is 7.91. The third-order valence-electron chi connectivity index (χ3n) is 4.22. The number of rotatable bonds is 7. The lowest BCUT2D eigenvalue weighted by Crippen LogP contribution is -2.42. The third kappa shape index (κ3) is 4.05. The molecule has 0 spiro atoms. The first-order chi connectivity index (χ1) is 10.9. The van der Waals surface area contributed by atoms with E-state index in [1.54, 1.807) is 0 Å². The van der Waals surface area contributed by atoms with E-state index in [9.17, 15) is 28.7 Å². The molecular formula is C14H20N2O6S. The predicted molar refractivity (Wildman–Crippen MR) is 82.8 cm³/mol. The first-order valence-electron chi connectivity index (χ1n) is 7.33. The van der Waals surface area contributed by atoms with Gasteiger partial charge in [-0.2, -0.15) is 0 Å². The van der Waals surface area contributed by atoms with Gasteiger partial charge < -0.3 is 10.2 Å². The first kappa shape index (κ1) is 17.8. The molecule has 8 nitrogen and oxygen atoms in total. The number of nitro benzene ring substituents is 1. The lowest BCUT2D eigenvalue weighted by atomic mass is 10.2. The number of hydrogen-bond acceptors (Lipinski definition) is 7. The summed E-state index contributed by atoms with van der Waals surface area (Å²) in [6, 6.07) is 4.50. The standard InChI is InChI=1S/C14H20N2O6S/c17-9-12-1-2-13(10-18)15(12)7-8-23(21,22)14-5-3-11(4-6-14)16(19)20/h3-6,12-13,17-18H,1-2,7-10H2/t12-,13-/m1/s1. The second-order valence-electron chi connectivity index (χ2n) is 5.56. The van der Waals surface area contributed by atoms with Crippen LogP contribution in [0.5, 0.6) is 0 Å². The van der Waals surface area contributed by atoms with Crippen molar-refractivity contribution < 1.29 is 23.6 Å². The van der Waals surface area contributed by atoms with Crippen LogP contribution in [0, 0.1) is 10.1 Å². The maximum absolute atomic E-state index is 12.3. The summed E-state index contributed by atoms with van der Waals surface area (Å²) in [5.41, 5.74) is -0.163. The summed E-state index contributed by atoms with van der Waals surface area (Å²) in [4.78, 5) is 11.9. The van der Waals surface area contributed by atoms with Crippen molar-refractivity contribution in [2.24, 2.45) is 0 Å². The van der Waals surface area contributed by atoms with E-state index in [0.29, 0.717) is 0 Å². The van der Waals surface area contributed by atoms with Crippen molar-refractivity contribution in [1.82, 2.24) is 4.90 Å². The molecule has 1 heterocycles. The Morgan fingerprint density at radius 3 is 2.09 bits per heavy atom. The molecule has 1 aliphatic rings. The molecule has 0 radical (unpaired) electrons. The molecule has 0 unspecified atom stereocenters. The minimum atomic E-state index is -3.58. The topological polar surface area (TPSA) is 121 Å². The maximum Gasteiger partial charge on any atom is 0.269 e. The van der Waals surface area contributed by atoms with Crippen LogP contribution in [-0.4, -0.2) is 66.0 Å². The molecule has 1 fully saturated rings. The summed E-state index contributed by atoms with van der Waals surface area (Å²) in [5, 5.41) is 29.3. The van der Waals surface area contributed by atoms with Crippen molar-refractivity contribution in [2.45, 2.75) is 29.8 Å². The largest absolute Gasteiger partial charge is 0.395 e. The molecule has 0 saturated carbocycles. The van der Waals surface area contributed by atoms with Gasteiger partial charge in [0.15, 0.2) is 9.84 Å². The van der Waals surface area contributed by atoms with E-state index in [-0.39, 0.29) is 48.2 Å². The molecule has 1 saturated heterocycles. The Bertz CT molecular complexity index is 634. The number of sulfone groups is 1. The van der Waals surface area contributed by atoms with E-state index < -0.39 is 14.8 Å². The molecular weight excluding hydrogens is 324 g/mol. The van der Waals surface area contributed by atoms with Gasteiger partial charge in [-0.3, -0.25) is 15.0 Å². The van der Waals surface area contributed by atoms with Crippen molar-refractivity contribution in [2.75, 3.05) is 25.5 Å². The van der Waals surface area contributed by atoms with Crippen molar-refractivity contribution in [3.8, 4) is 0 Å². The summed E-state index contributed by atoms with van der Waals surface area (Å²) < 4.78 is 24.7. The van der Waals surface area contributed by atoms with E-state index in [4.69, 9.17) is 0 Å². The highest BCUT2D eigenvalue weighted by Gasteiger charge is 2.33. The van der Waals surface area contributed by atoms with Gasteiger partial charge in [0.25, 0.3) is 5.69 Å². The van der Waals surface area contributed by atoms with Gasteiger partial charge in [-0.25, -0.2) is 8.42 Å². The van der Waals surface area contributed by atoms with Gasteiger partial charge >= 0.3 is 0 Å². The zero-order valence-corrected chi connectivity index (χ0v) is 13.4. The van der Waals surface area contributed by atoms with Crippen LogP contribution >= 0.6 is 0 Å². The fourth-order valence-corrected chi connectivity index (χ4v) is 4.13. The Morgan fingerprint density at radius 2 is 1.65 bits per heavy atom. The maximum atomic E-state index is 12.3. The number of likely N-dealkylation sites (tertiary alicyclic amines) is 1. The van der Waals surface area contributed by atoms with Crippen LogP contribution in [-0.2, 0) is 9.84 Å². The summed E-state index contributed by atoms with van der Waals surface area (Å²) in [6.45, 7) is 0.0535. The van der Waals surface area contributed by atoms with E-state index >= 15 is 0 Å². The smallest absolute Gasteiger partial charge is 0.269 e. The second kappa shape index (κ2) is 7.35. The van der Waals surface area contributed by atoms with E-state index in [1.807, 2.05) is 4.90 Å². The number of nitro groups is 1. The molecule has 9 heteroatoms. The Balaban J connectivity index is 2.07. The van der Waals surface area contributed by atoms with Crippen molar-refractivity contribution in [3.63, 3.8) is 0 Å². The average Bonchev–Trinajstić information content (AvgIpc) is 2.95. The Kier molecular flexibility index (Phi) is 5.69. The summed E-state index contributed by atoms with van der Waals surface area (Å²) >= 11 is 0. The number of non-ortho nitro benzene ring substituents is 1. The lowest BCUT2D eigenvalue weighted by molar-refractivity contribution is -0.384. The van der Waals surface area contributed by atoms with Crippen LogP contribution in [0.2, 0.25) is 0 Å². The van der Waals surface area contributed by atoms with Crippen molar-refractivity contribution >= 4 is 15.5 Å². The van der Waals surface area contributed by atoms with Gasteiger partial charge in [-0.15, -0.1) is 0 Å². The highest BCUT2D eigenvalue weighted by Crippen LogP contribution is 2.24. The number of benzene rings is 1. The van der Waals surface area contributed by atoms with Crippen LogP contribution in [0.3, 0.4) is 0 Å². The second-order valence-corrected chi connectivity index (χ2v) is 7.67. The zero-order chi connectivity index (χ0) is 17.0. The van der Waals surface area contributed by atoms with Gasteiger partial charge in [0.1, 0.15) is 0 Å². The fraction of sp³-hybridized carbons (Fsp3) is 0.571. The minimum Gasteiger partial charge on any atom is -0.395 e. The van der Waals surface area contributed by atoms with Crippen LogP contribution in [0.25, 0.3) is 0 Å². The molecule has 0 aliphatic carbocycles. The van der Waals surface area contributed by atoms with Gasteiger partial charge in [-0.05, 0) is 25.0 Å². The van der Waals surface area contributed by atoms with Gasteiger partial charge in [0.05, 0.1) is 28.8 Å². The van der Waals surface area contributed by atoms with Crippen molar-refractivity contribution in [1.29, 1.82) is 0 Å². The van der Waals surface area contributed by atoms with Crippen molar-refractivity contribution in [3.05, 3.63) is 34.4 Å². The molecule has 1 aromatic rings. The van der Waals surface area contributed by atoms with Crippen LogP contribution < -0.4 is 0 Å². The summed E-state index contributed by atoms with van der Waals surface area (Å²) in [6.07, 6.45) is 1.44. The lowest BCUT2D eigenvalue weighted by Gasteiger charge is -2.27. The number of aliphatic hydroxyl groups is 2. The first-order valence-corrected chi connectivity index (χ1v) is 8.99.